The van der Waals surface area contributed by atoms with Crippen molar-refractivity contribution < 1.29 is 18.3 Å². The van der Waals surface area contributed by atoms with E-state index in [0.29, 0.717) is 32.5 Å². The highest BCUT2D eigenvalue weighted by molar-refractivity contribution is 5.79. The molecule has 2 aromatic carbocycles. The summed E-state index contributed by atoms with van der Waals surface area (Å²) in [4.78, 5) is 6.48. The molecule has 1 aromatic heterocycles. The van der Waals surface area contributed by atoms with Crippen LogP contribution < -0.4 is 0 Å². The fourth-order valence-electron chi connectivity index (χ4n) is 3.79. The van der Waals surface area contributed by atoms with E-state index in [4.69, 9.17) is 0 Å². The summed E-state index contributed by atoms with van der Waals surface area (Å²) in [6.45, 7) is 1.95. The molecule has 1 N–H and O–H groups in total. The van der Waals surface area contributed by atoms with Gasteiger partial charge in [-0.15, -0.1) is 0 Å². The lowest BCUT2D eigenvalue weighted by Crippen LogP contribution is -2.42. The van der Waals surface area contributed by atoms with Crippen molar-refractivity contribution in [3.05, 3.63) is 77.5 Å². The van der Waals surface area contributed by atoms with Crippen LogP contribution in [-0.4, -0.2) is 28.1 Å². The average Bonchev–Trinajstić information content (AvgIpc) is 2.69. The van der Waals surface area contributed by atoms with E-state index < -0.39 is 17.3 Å². The van der Waals surface area contributed by atoms with Crippen LogP contribution in [0.1, 0.15) is 29.5 Å². The van der Waals surface area contributed by atoms with E-state index in [0.717, 1.165) is 34.2 Å². The molecule has 1 aliphatic rings. The molecule has 28 heavy (non-hydrogen) atoms. The number of fused-ring (bicyclic) bond motifs is 1. The maximum Gasteiger partial charge on any atom is 0.416 e. The fourth-order valence-corrected chi connectivity index (χ4v) is 3.79. The monoisotopic (exact) mass is 386 g/mol. The molecule has 0 bridgehead atoms. The lowest BCUT2D eigenvalue weighted by molar-refractivity contribution is -0.137. The SMILES string of the molecule is OC1(c2ccc3ncccc3c2)CCN(Cc2ccc(C(F)(F)F)cc2)CC1. The maximum atomic E-state index is 12.7. The second kappa shape index (κ2) is 7.18. The summed E-state index contributed by atoms with van der Waals surface area (Å²) in [6, 6.07) is 15.0. The number of piperidine rings is 1. The van der Waals surface area contributed by atoms with Gasteiger partial charge in [0.15, 0.2) is 0 Å². The van der Waals surface area contributed by atoms with Crippen LogP contribution in [0.3, 0.4) is 0 Å². The van der Waals surface area contributed by atoms with Crippen LogP contribution in [0, 0.1) is 0 Å². The summed E-state index contributed by atoms with van der Waals surface area (Å²) in [5.74, 6) is 0. The number of benzene rings is 2. The highest BCUT2D eigenvalue weighted by Crippen LogP contribution is 2.35. The Morgan fingerprint density at radius 3 is 2.39 bits per heavy atom. The van der Waals surface area contributed by atoms with Gasteiger partial charge in [-0.3, -0.25) is 9.88 Å². The van der Waals surface area contributed by atoms with E-state index in [9.17, 15) is 18.3 Å². The third-order valence-corrected chi connectivity index (χ3v) is 5.51. The first-order chi connectivity index (χ1) is 13.3. The van der Waals surface area contributed by atoms with Gasteiger partial charge in [-0.25, -0.2) is 0 Å². The van der Waals surface area contributed by atoms with E-state index in [1.807, 2.05) is 30.3 Å². The number of hydrogen-bond acceptors (Lipinski definition) is 3. The standard InChI is InChI=1S/C22H21F3N2O/c23-22(24,25)18-5-3-16(4-6-18)15-27-12-9-21(28,10-13-27)19-7-8-20-17(14-19)2-1-11-26-20/h1-8,11,14,28H,9-10,12-13,15H2. The Morgan fingerprint density at radius 1 is 1.00 bits per heavy atom. The van der Waals surface area contributed by atoms with Crippen LogP contribution in [-0.2, 0) is 18.3 Å². The van der Waals surface area contributed by atoms with Crippen molar-refractivity contribution in [3.8, 4) is 0 Å². The smallest absolute Gasteiger partial charge is 0.385 e. The number of aliphatic hydroxyl groups is 1. The number of halogens is 3. The minimum absolute atomic E-state index is 0.579. The molecule has 0 unspecified atom stereocenters. The Hall–Kier alpha value is -2.44. The van der Waals surface area contributed by atoms with Gasteiger partial charge in [0.1, 0.15) is 0 Å². The zero-order chi connectivity index (χ0) is 19.8. The second-order valence-corrected chi connectivity index (χ2v) is 7.41. The summed E-state index contributed by atoms with van der Waals surface area (Å²) in [7, 11) is 0. The molecule has 0 aliphatic carbocycles. The van der Waals surface area contributed by atoms with Gasteiger partial charge in [0.05, 0.1) is 16.7 Å². The molecule has 3 aromatic rings. The van der Waals surface area contributed by atoms with Crippen molar-refractivity contribution in [2.45, 2.75) is 31.2 Å². The van der Waals surface area contributed by atoms with Crippen LogP contribution in [0.2, 0.25) is 0 Å². The summed E-state index contributed by atoms with van der Waals surface area (Å²) in [5.41, 5.74) is 1.11. The van der Waals surface area contributed by atoms with Gasteiger partial charge in [-0.2, -0.15) is 13.2 Å². The van der Waals surface area contributed by atoms with Crippen molar-refractivity contribution >= 4 is 10.9 Å². The van der Waals surface area contributed by atoms with E-state index in [-0.39, 0.29) is 0 Å². The minimum atomic E-state index is -4.31. The third kappa shape index (κ3) is 3.88. The molecular weight excluding hydrogens is 365 g/mol. The zero-order valence-electron chi connectivity index (χ0n) is 15.3. The van der Waals surface area contributed by atoms with E-state index in [1.165, 1.54) is 12.1 Å². The molecule has 3 nitrogen and oxygen atoms in total. The number of aromatic nitrogens is 1. The van der Waals surface area contributed by atoms with E-state index in [1.54, 1.807) is 6.20 Å². The van der Waals surface area contributed by atoms with Gasteiger partial charge in [0, 0.05) is 31.2 Å². The molecule has 0 amide bonds. The topological polar surface area (TPSA) is 36.4 Å². The fraction of sp³-hybridized carbons (Fsp3) is 0.318. The molecule has 6 heteroatoms. The van der Waals surface area contributed by atoms with Gasteiger partial charge < -0.3 is 5.11 Å². The van der Waals surface area contributed by atoms with Crippen LogP contribution in [0.4, 0.5) is 13.2 Å². The molecule has 0 radical (unpaired) electrons. The molecule has 4 rings (SSSR count). The molecule has 0 saturated carbocycles. The second-order valence-electron chi connectivity index (χ2n) is 7.41. The molecule has 1 saturated heterocycles. The van der Waals surface area contributed by atoms with Crippen LogP contribution in [0.25, 0.3) is 10.9 Å². The largest absolute Gasteiger partial charge is 0.416 e. The molecule has 1 fully saturated rings. The lowest BCUT2D eigenvalue weighted by atomic mass is 9.84. The molecule has 2 heterocycles. The Morgan fingerprint density at radius 2 is 1.71 bits per heavy atom. The van der Waals surface area contributed by atoms with Crippen LogP contribution in [0.15, 0.2) is 60.8 Å². The maximum absolute atomic E-state index is 12.7. The Labute approximate surface area is 161 Å². The highest BCUT2D eigenvalue weighted by Gasteiger charge is 2.34. The van der Waals surface area contributed by atoms with Crippen LogP contribution in [0.5, 0.6) is 0 Å². The number of likely N-dealkylation sites (tertiary alicyclic amines) is 1. The predicted octanol–water partition coefficient (Wildman–Crippen LogP) is 4.74. The normalized spacial score (nSPS) is 17.7. The summed E-state index contributed by atoms with van der Waals surface area (Å²) < 4.78 is 38.0. The number of hydrogen-bond donors (Lipinski definition) is 1. The minimum Gasteiger partial charge on any atom is -0.385 e. The van der Waals surface area contributed by atoms with Crippen LogP contribution >= 0.6 is 0 Å². The molecule has 0 atom stereocenters. The lowest BCUT2D eigenvalue weighted by Gasteiger charge is -2.38. The Bertz CT molecular complexity index is 961. The number of rotatable bonds is 3. The number of pyridine rings is 1. The summed E-state index contributed by atoms with van der Waals surface area (Å²) in [5, 5.41) is 12.1. The van der Waals surface area contributed by atoms with Gasteiger partial charge in [0.2, 0.25) is 0 Å². The quantitative estimate of drug-likeness (QED) is 0.707. The first-order valence-electron chi connectivity index (χ1n) is 9.30. The van der Waals surface area contributed by atoms with Gasteiger partial charge in [0.25, 0.3) is 0 Å². The van der Waals surface area contributed by atoms with Crippen molar-refractivity contribution in [2.24, 2.45) is 0 Å². The highest BCUT2D eigenvalue weighted by atomic mass is 19.4. The summed E-state index contributed by atoms with van der Waals surface area (Å²) in [6.07, 6.45) is -1.40. The van der Waals surface area contributed by atoms with Crippen molar-refractivity contribution in [1.82, 2.24) is 9.88 Å². The first-order valence-corrected chi connectivity index (χ1v) is 9.30. The van der Waals surface area contributed by atoms with E-state index in [2.05, 4.69) is 9.88 Å². The number of nitrogens with zero attached hydrogens (tertiary/aromatic N) is 2. The Balaban J connectivity index is 1.42. The van der Waals surface area contributed by atoms with Crippen molar-refractivity contribution in [1.29, 1.82) is 0 Å². The molecule has 0 spiro atoms. The third-order valence-electron chi connectivity index (χ3n) is 5.51. The van der Waals surface area contributed by atoms with Gasteiger partial charge >= 0.3 is 6.18 Å². The molecule has 1 aliphatic heterocycles. The summed E-state index contributed by atoms with van der Waals surface area (Å²) >= 11 is 0. The Kier molecular flexibility index (Phi) is 4.85. The number of alkyl halides is 3. The zero-order valence-corrected chi connectivity index (χ0v) is 15.3. The predicted molar refractivity (Wildman–Crippen MR) is 102 cm³/mol. The van der Waals surface area contributed by atoms with Crippen molar-refractivity contribution in [2.75, 3.05) is 13.1 Å². The van der Waals surface area contributed by atoms with Gasteiger partial charge in [-0.1, -0.05) is 24.3 Å². The molecular formula is C22H21F3N2O. The first kappa shape index (κ1) is 18.9. The average molecular weight is 386 g/mol. The molecule has 146 valence electrons. The van der Waals surface area contributed by atoms with Gasteiger partial charge in [-0.05, 0) is 54.3 Å². The van der Waals surface area contributed by atoms with E-state index >= 15 is 0 Å². The van der Waals surface area contributed by atoms with Crippen molar-refractivity contribution in [3.63, 3.8) is 0 Å².